The molecule has 0 saturated carbocycles. The standard InChI is InChI=1S/C8H19NO2/c1-4-8(10)11-7(2)5-6-9-3/h7-10H,4-6H2,1-3H3/t7-,8?/m1/s1. The van der Waals surface area contributed by atoms with Crippen LogP contribution in [0.2, 0.25) is 0 Å². The molecule has 3 heteroatoms. The quantitative estimate of drug-likeness (QED) is 0.564. The molecular weight excluding hydrogens is 142 g/mol. The predicted octanol–water partition coefficient (Wildman–Crippen LogP) is 0.729. The first-order chi connectivity index (χ1) is 5.20. The summed E-state index contributed by atoms with van der Waals surface area (Å²) in [6.45, 7) is 4.79. The maximum Gasteiger partial charge on any atom is 0.154 e. The molecule has 0 bridgehead atoms. The van der Waals surface area contributed by atoms with Crippen molar-refractivity contribution in [2.24, 2.45) is 0 Å². The zero-order valence-corrected chi connectivity index (χ0v) is 7.63. The van der Waals surface area contributed by atoms with Gasteiger partial charge in [0.15, 0.2) is 6.29 Å². The van der Waals surface area contributed by atoms with Crippen molar-refractivity contribution in [2.75, 3.05) is 13.6 Å². The fraction of sp³-hybridized carbons (Fsp3) is 1.00. The molecule has 3 nitrogen and oxygen atoms in total. The van der Waals surface area contributed by atoms with E-state index in [1.165, 1.54) is 0 Å². The Morgan fingerprint density at radius 3 is 2.64 bits per heavy atom. The lowest BCUT2D eigenvalue weighted by Gasteiger charge is -2.16. The largest absolute Gasteiger partial charge is 0.368 e. The molecule has 0 fully saturated rings. The number of aliphatic hydroxyl groups is 1. The third-order valence-corrected chi connectivity index (χ3v) is 1.54. The van der Waals surface area contributed by atoms with Crippen molar-refractivity contribution in [2.45, 2.75) is 39.1 Å². The van der Waals surface area contributed by atoms with E-state index >= 15 is 0 Å². The van der Waals surface area contributed by atoms with Crippen molar-refractivity contribution in [3.05, 3.63) is 0 Å². The van der Waals surface area contributed by atoms with Crippen molar-refractivity contribution < 1.29 is 9.84 Å². The summed E-state index contributed by atoms with van der Waals surface area (Å²) >= 11 is 0. The lowest BCUT2D eigenvalue weighted by atomic mass is 10.3. The highest BCUT2D eigenvalue weighted by Crippen LogP contribution is 2.01. The second-order valence-electron chi connectivity index (χ2n) is 2.70. The highest BCUT2D eigenvalue weighted by molar-refractivity contribution is 4.52. The van der Waals surface area contributed by atoms with E-state index in [-0.39, 0.29) is 6.10 Å². The summed E-state index contributed by atoms with van der Waals surface area (Å²) in [5, 5.41) is 12.1. The van der Waals surface area contributed by atoms with Crippen LogP contribution in [-0.4, -0.2) is 31.1 Å². The minimum atomic E-state index is -0.596. The van der Waals surface area contributed by atoms with Crippen LogP contribution in [0.15, 0.2) is 0 Å². The first-order valence-corrected chi connectivity index (χ1v) is 4.18. The highest BCUT2D eigenvalue weighted by atomic mass is 16.6. The molecule has 0 spiro atoms. The minimum Gasteiger partial charge on any atom is -0.368 e. The van der Waals surface area contributed by atoms with E-state index < -0.39 is 6.29 Å². The topological polar surface area (TPSA) is 41.5 Å². The SMILES string of the molecule is CCC(O)O[C@H](C)CCNC. The second kappa shape index (κ2) is 6.58. The second-order valence-corrected chi connectivity index (χ2v) is 2.70. The Bertz CT molecular complexity index is 88.2. The Morgan fingerprint density at radius 1 is 1.55 bits per heavy atom. The van der Waals surface area contributed by atoms with Gasteiger partial charge in [-0.25, -0.2) is 0 Å². The van der Waals surface area contributed by atoms with Crippen LogP contribution in [0.3, 0.4) is 0 Å². The van der Waals surface area contributed by atoms with Crippen molar-refractivity contribution in [3.8, 4) is 0 Å². The Labute approximate surface area is 68.8 Å². The average molecular weight is 161 g/mol. The van der Waals surface area contributed by atoms with Gasteiger partial charge in [0.25, 0.3) is 0 Å². The zero-order valence-electron chi connectivity index (χ0n) is 7.63. The molecule has 0 amide bonds. The van der Waals surface area contributed by atoms with Gasteiger partial charge in [0, 0.05) is 0 Å². The third kappa shape index (κ3) is 6.28. The van der Waals surface area contributed by atoms with E-state index in [2.05, 4.69) is 5.32 Å². The zero-order chi connectivity index (χ0) is 8.69. The van der Waals surface area contributed by atoms with Gasteiger partial charge >= 0.3 is 0 Å². The molecule has 0 aliphatic rings. The smallest absolute Gasteiger partial charge is 0.154 e. The molecule has 0 radical (unpaired) electrons. The number of aliphatic hydroxyl groups excluding tert-OH is 1. The van der Waals surface area contributed by atoms with Crippen LogP contribution in [0.5, 0.6) is 0 Å². The molecule has 11 heavy (non-hydrogen) atoms. The molecule has 1 unspecified atom stereocenters. The summed E-state index contributed by atoms with van der Waals surface area (Å²) in [5.74, 6) is 0. The van der Waals surface area contributed by atoms with E-state index in [1.54, 1.807) is 0 Å². The molecule has 0 aliphatic heterocycles. The Kier molecular flexibility index (Phi) is 6.51. The van der Waals surface area contributed by atoms with Crippen LogP contribution in [0.25, 0.3) is 0 Å². The fourth-order valence-electron chi connectivity index (χ4n) is 0.780. The van der Waals surface area contributed by atoms with E-state index in [1.807, 2.05) is 20.9 Å². The van der Waals surface area contributed by atoms with E-state index in [0.29, 0.717) is 6.42 Å². The number of rotatable bonds is 6. The molecule has 0 saturated heterocycles. The van der Waals surface area contributed by atoms with Crippen molar-refractivity contribution in [3.63, 3.8) is 0 Å². The molecule has 68 valence electrons. The van der Waals surface area contributed by atoms with E-state index in [0.717, 1.165) is 13.0 Å². The Hall–Kier alpha value is -0.120. The van der Waals surface area contributed by atoms with Crippen LogP contribution >= 0.6 is 0 Å². The molecule has 0 heterocycles. The monoisotopic (exact) mass is 161 g/mol. The predicted molar refractivity (Wildman–Crippen MR) is 45.4 cm³/mol. The average Bonchev–Trinajstić information content (AvgIpc) is 2.00. The summed E-state index contributed by atoms with van der Waals surface area (Å²) in [5.41, 5.74) is 0. The van der Waals surface area contributed by atoms with Crippen LogP contribution < -0.4 is 5.32 Å². The van der Waals surface area contributed by atoms with Gasteiger partial charge in [-0.3, -0.25) is 0 Å². The minimum absolute atomic E-state index is 0.136. The van der Waals surface area contributed by atoms with Crippen LogP contribution in [0.4, 0.5) is 0 Å². The van der Waals surface area contributed by atoms with Crippen molar-refractivity contribution in [1.29, 1.82) is 0 Å². The Morgan fingerprint density at radius 2 is 2.18 bits per heavy atom. The summed E-state index contributed by atoms with van der Waals surface area (Å²) < 4.78 is 5.22. The van der Waals surface area contributed by atoms with Crippen LogP contribution in [-0.2, 0) is 4.74 Å². The highest BCUT2D eigenvalue weighted by Gasteiger charge is 2.06. The maximum atomic E-state index is 9.09. The molecule has 0 aliphatic carbocycles. The van der Waals surface area contributed by atoms with Crippen LogP contribution in [0.1, 0.15) is 26.7 Å². The molecule has 0 aromatic rings. The van der Waals surface area contributed by atoms with Gasteiger partial charge < -0.3 is 15.2 Å². The molecule has 2 atom stereocenters. The van der Waals surface area contributed by atoms with Gasteiger partial charge in [-0.15, -0.1) is 0 Å². The van der Waals surface area contributed by atoms with Crippen molar-refractivity contribution in [1.82, 2.24) is 5.32 Å². The number of hydrogen-bond donors (Lipinski definition) is 2. The normalized spacial score (nSPS) is 16.4. The van der Waals surface area contributed by atoms with Gasteiger partial charge in [-0.1, -0.05) is 6.92 Å². The van der Waals surface area contributed by atoms with Gasteiger partial charge in [-0.05, 0) is 33.4 Å². The third-order valence-electron chi connectivity index (χ3n) is 1.54. The van der Waals surface area contributed by atoms with E-state index in [9.17, 15) is 0 Å². The summed E-state index contributed by atoms with van der Waals surface area (Å²) in [4.78, 5) is 0. The maximum absolute atomic E-state index is 9.09. The molecule has 0 aromatic heterocycles. The lowest BCUT2D eigenvalue weighted by molar-refractivity contribution is -0.132. The van der Waals surface area contributed by atoms with Gasteiger partial charge in [0.1, 0.15) is 0 Å². The van der Waals surface area contributed by atoms with Crippen molar-refractivity contribution >= 4 is 0 Å². The van der Waals surface area contributed by atoms with Gasteiger partial charge in [-0.2, -0.15) is 0 Å². The molecule has 0 aromatic carbocycles. The van der Waals surface area contributed by atoms with E-state index in [4.69, 9.17) is 9.84 Å². The van der Waals surface area contributed by atoms with Crippen LogP contribution in [0, 0.1) is 0 Å². The Balaban J connectivity index is 3.27. The lowest BCUT2D eigenvalue weighted by Crippen LogP contribution is -2.22. The number of nitrogens with one attached hydrogen (secondary N) is 1. The van der Waals surface area contributed by atoms with Gasteiger partial charge in [0.2, 0.25) is 0 Å². The molecule has 2 N–H and O–H groups in total. The summed E-state index contributed by atoms with van der Waals surface area (Å²) in [7, 11) is 1.91. The number of hydrogen-bond acceptors (Lipinski definition) is 3. The summed E-state index contributed by atoms with van der Waals surface area (Å²) in [6.07, 6.45) is 1.14. The summed E-state index contributed by atoms with van der Waals surface area (Å²) in [6, 6.07) is 0. The van der Waals surface area contributed by atoms with Gasteiger partial charge in [0.05, 0.1) is 6.10 Å². The fourth-order valence-corrected chi connectivity index (χ4v) is 0.780. The first kappa shape index (κ1) is 10.9. The molecule has 0 rings (SSSR count). The number of ether oxygens (including phenoxy) is 1. The first-order valence-electron chi connectivity index (χ1n) is 4.18. The molecular formula is C8H19NO2.